The monoisotopic (exact) mass is 201 g/mol. The minimum absolute atomic E-state index is 0.110. The zero-order chi connectivity index (χ0) is 11.7. The van der Waals surface area contributed by atoms with Crippen molar-refractivity contribution in [1.82, 2.24) is 9.80 Å². The molecule has 84 valence electrons. The predicted molar refractivity (Wildman–Crippen MR) is 58.8 cm³/mol. The quantitative estimate of drug-likeness (QED) is 0.672. The van der Waals surface area contributed by atoms with Gasteiger partial charge in [-0.05, 0) is 48.8 Å². The first-order chi connectivity index (χ1) is 6.04. The molecule has 1 unspecified atom stereocenters. The summed E-state index contributed by atoms with van der Waals surface area (Å²) in [6.07, 6.45) is 0. The van der Waals surface area contributed by atoms with Gasteiger partial charge in [-0.1, -0.05) is 0 Å². The Hall–Kier alpha value is -0.450. The molecule has 4 nitrogen and oxygen atoms in total. The fourth-order valence-corrected chi connectivity index (χ4v) is 1.10. The van der Waals surface area contributed by atoms with Crippen molar-refractivity contribution in [3.8, 4) is 0 Å². The summed E-state index contributed by atoms with van der Waals surface area (Å²) in [5, 5.41) is 0. The van der Waals surface area contributed by atoms with E-state index in [9.17, 15) is 4.79 Å². The highest BCUT2D eigenvalue weighted by atomic mass is 16.1. The van der Waals surface area contributed by atoms with Gasteiger partial charge in [-0.25, -0.2) is 0 Å². The van der Waals surface area contributed by atoms with Gasteiger partial charge in [0.2, 0.25) is 0 Å². The Kier molecular flexibility index (Phi) is 3.84. The van der Waals surface area contributed by atoms with Gasteiger partial charge in [-0.2, -0.15) is 0 Å². The standard InChI is InChI=1S/C10H23N3O/c1-8(14)9(2,3)13(7)10(4,11)12(5)6/h11H2,1-7H3. The van der Waals surface area contributed by atoms with Crippen LogP contribution in [0.4, 0.5) is 0 Å². The molecule has 14 heavy (non-hydrogen) atoms. The Balaban J connectivity index is 4.95. The molecule has 0 spiro atoms. The van der Waals surface area contributed by atoms with Crippen LogP contribution in [-0.4, -0.2) is 48.1 Å². The molecule has 0 rings (SSSR count). The molecule has 0 radical (unpaired) electrons. The average molecular weight is 201 g/mol. The lowest BCUT2D eigenvalue weighted by molar-refractivity contribution is -0.135. The lowest BCUT2D eigenvalue weighted by Gasteiger charge is -2.47. The van der Waals surface area contributed by atoms with Crippen LogP contribution in [0.1, 0.15) is 27.7 Å². The van der Waals surface area contributed by atoms with Crippen LogP contribution in [-0.2, 0) is 4.79 Å². The van der Waals surface area contributed by atoms with Gasteiger partial charge in [-0.15, -0.1) is 0 Å². The molecule has 0 aliphatic carbocycles. The molecule has 0 saturated carbocycles. The number of Topliss-reactive ketones (excluding diaryl/α,β-unsaturated/α-hetero) is 1. The summed E-state index contributed by atoms with van der Waals surface area (Å²) in [5.74, 6) is -0.520. The molecule has 2 N–H and O–H groups in total. The molecule has 0 aromatic carbocycles. The molecule has 4 heteroatoms. The molecule has 1 atom stereocenters. The number of nitrogens with zero attached hydrogens (tertiary/aromatic N) is 2. The number of hydrogen-bond donors (Lipinski definition) is 1. The zero-order valence-electron chi connectivity index (χ0n) is 10.4. The maximum absolute atomic E-state index is 11.5. The van der Waals surface area contributed by atoms with Crippen molar-refractivity contribution in [2.75, 3.05) is 21.1 Å². The number of likely N-dealkylation sites (N-methyl/N-ethyl adjacent to an activating group) is 1. The molecule has 0 aliphatic heterocycles. The van der Waals surface area contributed by atoms with Crippen LogP contribution in [0.15, 0.2) is 0 Å². The van der Waals surface area contributed by atoms with Crippen molar-refractivity contribution in [3.05, 3.63) is 0 Å². The Bertz CT molecular complexity index is 221. The molecule has 0 heterocycles. The molecular formula is C10H23N3O. The Morgan fingerprint density at radius 3 is 1.71 bits per heavy atom. The van der Waals surface area contributed by atoms with Crippen LogP contribution in [0.3, 0.4) is 0 Å². The summed E-state index contributed by atoms with van der Waals surface area (Å²) < 4.78 is 0. The van der Waals surface area contributed by atoms with Crippen molar-refractivity contribution < 1.29 is 4.79 Å². The fraction of sp³-hybridized carbons (Fsp3) is 0.900. The largest absolute Gasteiger partial charge is 0.301 e. The second-order valence-corrected chi connectivity index (χ2v) is 4.66. The molecule has 0 aromatic rings. The van der Waals surface area contributed by atoms with E-state index in [1.807, 2.05) is 51.7 Å². The Morgan fingerprint density at radius 2 is 1.50 bits per heavy atom. The molecule has 0 aliphatic rings. The van der Waals surface area contributed by atoms with Gasteiger partial charge in [0.1, 0.15) is 11.6 Å². The van der Waals surface area contributed by atoms with Gasteiger partial charge < -0.3 is 5.73 Å². The van der Waals surface area contributed by atoms with Crippen molar-refractivity contribution in [3.63, 3.8) is 0 Å². The third kappa shape index (κ3) is 2.32. The highest BCUT2D eigenvalue weighted by Crippen LogP contribution is 2.21. The molecule has 0 amide bonds. The summed E-state index contributed by atoms with van der Waals surface area (Å²) in [6, 6.07) is 0. The smallest absolute Gasteiger partial charge is 0.149 e. The highest BCUT2D eigenvalue weighted by molar-refractivity contribution is 5.85. The van der Waals surface area contributed by atoms with Crippen LogP contribution in [0.2, 0.25) is 0 Å². The van der Waals surface area contributed by atoms with Crippen LogP contribution < -0.4 is 5.73 Å². The maximum atomic E-state index is 11.5. The number of carbonyl (C=O) groups is 1. The minimum atomic E-state index is -0.630. The third-order valence-corrected chi connectivity index (χ3v) is 3.28. The summed E-state index contributed by atoms with van der Waals surface area (Å²) in [6.45, 7) is 7.23. The van der Waals surface area contributed by atoms with Crippen molar-refractivity contribution in [2.45, 2.75) is 39.0 Å². The fourth-order valence-electron chi connectivity index (χ4n) is 1.10. The van der Waals surface area contributed by atoms with Crippen LogP contribution in [0.25, 0.3) is 0 Å². The molecule has 0 bridgehead atoms. The topological polar surface area (TPSA) is 49.6 Å². The van der Waals surface area contributed by atoms with Crippen LogP contribution >= 0.6 is 0 Å². The van der Waals surface area contributed by atoms with Gasteiger partial charge >= 0.3 is 0 Å². The number of hydrogen-bond acceptors (Lipinski definition) is 4. The van der Waals surface area contributed by atoms with Crippen molar-refractivity contribution in [1.29, 1.82) is 0 Å². The van der Waals surface area contributed by atoms with Gasteiger partial charge in [0, 0.05) is 0 Å². The van der Waals surface area contributed by atoms with E-state index in [2.05, 4.69) is 0 Å². The van der Waals surface area contributed by atoms with E-state index in [-0.39, 0.29) is 5.78 Å². The molecule has 0 saturated heterocycles. The second-order valence-electron chi connectivity index (χ2n) is 4.66. The first-order valence-electron chi connectivity index (χ1n) is 4.76. The minimum Gasteiger partial charge on any atom is -0.301 e. The SMILES string of the molecule is CC(=O)C(C)(C)N(C)C(C)(N)N(C)C. The summed E-state index contributed by atoms with van der Waals surface area (Å²) in [4.78, 5) is 15.2. The summed E-state index contributed by atoms with van der Waals surface area (Å²) >= 11 is 0. The van der Waals surface area contributed by atoms with Crippen molar-refractivity contribution >= 4 is 5.78 Å². The first kappa shape index (κ1) is 13.5. The predicted octanol–water partition coefficient (Wildman–Crippen LogP) is 0.480. The lowest BCUT2D eigenvalue weighted by Crippen LogP contribution is -2.68. The average Bonchev–Trinajstić information content (AvgIpc) is 2.02. The molecular weight excluding hydrogens is 178 g/mol. The normalized spacial score (nSPS) is 17.3. The van der Waals surface area contributed by atoms with Gasteiger partial charge in [0.15, 0.2) is 0 Å². The van der Waals surface area contributed by atoms with E-state index >= 15 is 0 Å². The van der Waals surface area contributed by atoms with Crippen LogP contribution in [0.5, 0.6) is 0 Å². The zero-order valence-corrected chi connectivity index (χ0v) is 10.4. The molecule has 0 fully saturated rings. The van der Waals surface area contributed by atoms with E-state index in [0.29, 0.717) is 0 Å². The molecule has 0 aromatic heterocycles. The van der Waals surface area contributed by atoms with Crippen molar-refractivity contribution in [2.24, 2.45) is 5.73 Å². The van der Waals surface area contributed by atoms with Gasteiger partial charge in [0.25, 0.3) is 0 Å². The summed E-state index contributed by atoms with van der Waals surface area (Å²) in [7, 11) is 5.65. The van der Waals surface area contributed by atoms with E-state index in [0.717, 1.165) is 0 Å². The van der Waals surface area contributed by atoms with Crippen LogP contribution in [0, 0.1) is 0 Å². The summed E-state index contributed by atoms with van der Waals surface area (Å²) in [5.41, 5.74) is 5.58. The maximum Gasteiger partial charge on any atom is 0.149 e. The number of ketones is 1. The number of carbonyl (C=O) groups excluding carboxylic acids is 1. The first-order valence-corrected chi connectivity index (χ1v) is 4.76. The number of rotatable bonds is 4. The van der Waals surface area contributed by atoms with Gasteiger partial charge in [-0.3, -0.25) is 14.6 Å². The van der Waals surface area contributed by atoms with E-state index < -0.39 is 11.3 Å². The highest BCUT2D eigenvalue weighted by Gasteiger charge is 2.39. The Labute approximate surface area is 87.0 Å². The van der Waals surface area contributed by atoms with E-state index in [1.54, 1.807) is 6.92 Å². The lowest BCUT2D eigenvalue weighted by atomic mass is 9.96. The second kappa shape index (κ2) is 3.96. The van der Waals surface area contributed by atoms with E-state index in [1.165, 1.54) is 0 Å². The Morgan fingerprint density at radius 1 is 1.14 bits per heavy atom. The number of nitrogens with two attached hydrogens (primary N) is 1. The third-order valence-electron chi connectivity index (χ3n) is 3.28. The van der Waals surface area contributed by atoms with Gasteiger partial charge in [0.05, 0.1) is 5.54 Å². The van der Waals surface area contributed by atoms with E-state index in [4.69, 9.17) is 5.73 Å².